The van der Waals surface area contributed by atoms with Crippen LogP contribution in [0.4, 0.5) is 0 Å². The first-order valence-electron chi connectivity index (χ1n) is 7.01. The third-order valence-electron chi connectivity index (χ3n) is 3.37. The second-order valence-electron chi connectivity index (χ2n) is 5.18. The highest BCUT2D eigenvalue weighted by Gasteiger charge is 2.13. The van der Waals surface area contributed by atoms with E-state index >= 15 is 0 Å². The second kappa shape index (κ2) is 7.06. The van der Waals surface area contributed by atoms with Crippen molar-refractivity contribution in [1.29, 1.82) is 0 Å². The van der Waals surface area contributed by atoms with Crippen molar-refractivity contribution in [3.63, 3.8) is 0 Å². The monoisotopic (exact) mass is 390 g/mol. The summed E-state index contributed by atoms with van der Waals surface area (Å²) < 4.78 is 2.80. The lowest BCUT2D eigenvalue weighted by atomic mass is 10.1. The summed E-state index contributed by atoms with van der Waals surface area (Å²) in [6, 6.07) is 9.65. The smallest absolute Gasteiger partial charge is 0.253 e. The molecule has 0 bridgehead atoms. The van der Waals surface area contributed by atoms with Crippen LogP contribution in [-0.4, -0.2) is 32.6 Å². The molecule has 5 nitrogen and oxygen atoms in total. The predicted molar refractivity (Wildman–Crippen MR) is 93.4 cm³/mol. The van der Waals surface area contributed by atoms with Gasteiger partial charge in [-0.05, 0) is 39.7 Å². The molecule has 0 saturated heterocycles. The average Bonchev–Trinajstić information content (AvgIpc) is 3.19. The minimum absolute atomic E-state index is 0.0156. The Balaban J connectivity index is 1.64. The Hall–Kier alpha value is -1.99. The molecular weight excluding hydrogens is 376 g/mol. The molecule has 1 amide bonds. The van der Waals surface area contributed by atoms with Gasteiger partial charge < -0.3 is 4.90 Å². The number of halogens is 1. The van der Waals surface area contributed by atoms with E-state index < -0.39 is 0 Å². The fourth-order valence-electron chi connectivity index (χ4n) is 2.22. The van der Waals surface area contributed by atoms with Crippen LogP contribution in [0.15, 0.2) is 52.8 Å². The zero-order valence-electron chi connectivity index (χ0n) is 12.5. The van der Waals surface area contributed by atoms with Crippen LogP contribution in [0.5, 0.6) is 0 Å². The van der Waals surface area contributed by atoms with Crippen molar-refractivity contribution in [2.45, 2.75) is 13.1 Å². The van der Waals surface area contributed by atoms with Crippen molar-refractivity contribution in [3.05, 3.63) is 68.8 Å². The number of carbonyl (C=O) groups is 1. The first-order valence-corrected chi connectivity index (χ1v) is 8.69. The molecule has 0 atom stereocenters. The summed E-state index contributed by atoms with van der Waals surface area (Å²) in [5, 5.41) is 6.09. The Kier molecular flexibility index (Phi) is 4.88. The molecule has 0 radical (unpaired) electrons. The van der Waals surface area contributed by atoms with E-state index in [-0.39, 0.29) is 5.91 Å². The van der Waals surface area contributed by atoms with E-state index in [0.717, 1.165) is 14.9 Å². The fourth-order valence-corrected chi connectivity index (χ4v) is 3.72. The van der Waals surface area contributed by atoms with Crippen LogP contribution in [-0.2, 0) is 13.1 Å². The number of aromatic nitrogens is 3. The molecule has 0 aliphatic heterocycles. The van der Waals surface area contributed by atoms with Crippen molar-refractivity contribution in [2.75, 3.05) is 7.05 Å². The number of amides is 1. The summed E-state index contributed by atoms with van der Waals surface area (Å²) in [7, 11) is 1.82. The van der Waals surface area contributed by atoms with E-state index in [9.17, 15) is 4.79 Å². The van der Waals surface area contributed by atoms with Gasteiger partial charge in [-0.15, -0.1) is 11.3 Å². The topological polar surface area (TPSA) is 51.0 Å². The molecule has 118 valence electrons. The van der Waals surface area contributed by atoms with Gasteiger partial charge in [-0.3, -0.25) is 4.79 Å². The third kappa shape index (κ3) is 4.05. The summed E-state index contributed by atoms with van der Waals surface area (Å²) in [6.07, 6.45) is 3.18. The van der Waals surface area contributed by atoms with Gasteiger partial charge in [0.2, 0.25) is 0 Å². The molecule has 3 aromatic rings. The van der Waals surface area contributed by atoms with Crippen molar-refractivity contribution < 1.29 is 4.79 Å². The van der Waals surface area contributed by atoms with Crippen LogP contribution in [0.25, 0.3) is 0 Å². The van der Waals surface area contributed by atoms with Crippen molar-refractivity contribution >= 4 is 33.2 Å². The largest absolute Gasteiger partial charge is 0.337 e. The van der Waals surface area contributed by atoms with Gasteiger partial charge in [0.1, 0.15) is 12.7 Å². The molecule has 23 heavy (non-hydrogen) atoms. The molecule has 0 spiro atoms. The van der Waals surface area contributed by atoms with Crippen molar-refractivity contribution in [3.8, 4) is 0 Å². The van der Waals surface area contributed by atoms with Gasteiger partial charge in [0.05, 0.1) is 13.1 Å². The van der Waals surface area contributed by atoms with Gasteiger partial charge in [-0.25, -0.2) is 9.67 Å². The molecule has 1 aromatic carbocycles. The highest BCUT2D eigenvalue weighted by atomic mass is 79.9. The molecule has 2 aromatic heterocycles. The minimum atomic E-state index is 0.0156. The molecule has 3 rings (SSSR count). The standard InChI is InChI=1S/C16H15BrN4OS/c1-20(8-15-6-14(17)9-23-15)16(22)13-4-2-12(3-5-13)7-21-11-18-10-19-21/h2-6,9-11H,7-8H2,1H3. The van der Waals surface area contributed by atoms with Crippen molar-refractivity contribution in [2.24, 2.45) is 0 Å². The summed E-state index contributed by atoms with van der Waals surface area (Å²) >= 11 is 5.07. The number of benzene rings is 1. The Morgan fingerprint density at radius 3 is 2.74 bits per heavy atom. The molecule has 0 aliphatic rings. The van der Waals surface area contributed by atoms with Crippen LogP contribution in [0, 0.1) is 0 Å². The number of thiophene rings is 1. The molecule has 7 heteroatoms. The first kappa shape index (κ1) is 15.9. The van der Waals surface area contributed by atoms with E-state index in [1.54, 1.807) is 27.2 Å². The lowest BCUT2D eigenvalue weighted by molar-refractivity contribution is 0.0786. The minimum Gasteiger partial charge on any atom is -0.337 e. The molecular formula is C16H15BrN4OS. The van der Waals surface area contributed by atoms with Gasteiger partial charge in [-0.1, -0.05) is 12.1 Å². The third-order valence-corrected chi connectivity index (χ3v) is 5.06. The van der Waals surface area contributed by atoms with Gasteiger partial charge in [0.15, 0.2) is 0 Å². The Labute approximate surface area is 146 Å². The van der Waals surface area contributed by atoms with Crippen LogP contribution >= 0.6 is 27.3 Å². The van der Waals surface area contributed by atoms with Gasteiger partial charge >= 0.3 is 0 Å². The maximum atomic E-state index is 12.5. The Bertz CT molecular complexity index is 783. The van der Waals surface area contributed by atoms with Crippen LogP contribution in [0.1, 0.15) is 20.8 Å². The van der Waals surface area contributed by atoms with E-state index in [4.69, 9.17) is 0 Å². The number of nitrogens with zero attached hydrogens (tertiary/aromatic N) is 4. The number of rotatable bonds is 5. The Morgan fingerprint density at radius 1 is 1.35 bits per heavy atom. The summed E-state index contributed by atoms with van der Waals surface area (Å²) in [6.45, 7) is 1.25. The zero-order valence-corrected chi connectivity index (χ0v) is 14.9. The highest BCUT2D eigenvalue weighted by molar-refractivity contribution is 9.10. The summed E-state index contributed by atoms with van der Waals surface area (Å²) in [4.78, 5) is 19.3. The predicted octanol–water partition coefficient (Wildman–Crippen LogP) is 3.42. The quantitative estimate of drug-likeness (QED) is 0.670. The molecule has 0 saturated carbocycles. The lowest BCUT2D eigenvalue weighted by Crippen LogP contribution is -2.25. The first-order chi connectivity index (χ1) is 11.1. The Morgan fingerprint density at radius 2 is 2.13 bits per heavy atom. The molecule has 0 unspecified atom stereocenters. The molecule has 0 aliphatic carbocycles. The van der Waals surface area contributed by atoms with E-state index in [0.29, 0.717) is 18.7 Å². The number of hydrogen-bond acceptors (Lipinski definition) is 4. The zero-order chi connectivity index (χ0) is 16.2. The van der Waals surface area contributed by atoms with Crippen LogP contribution in [0.2, 0.25) is 0 Å². The molecule has 0 fully saturated rings. The van der Waals surface area contributed by atoms with E-state index in [1.165, 1.54) is 6.33 Å². The lowest BCUT2D eigenvalue weighted by Gasteiger charge is -2.16. The van der Waals surface area contributed by atoms with Crippen LogP contribution in [0.3, 0.4) is 0 Å². The highest BCUT2D eigenvalue weighted by Crippen LogP contribution is 2.21. The van der Waals surface area contributed by atoms with Gasteiger partial charge in [0.25, 0.3) is 5.91 Å². The average molecular weight is 391 g/mol. The van der Waals surface area contributed by atoms with Crippen LogP contribution < -0.4 is 0 Å². The molecule has 2 heterocycles. The maximum absolute atomic E-state index is 12.5. The normalized spacial score (nSPS) is 10.7. The number of hydrogen-bond donors (Lipinski definition) is 0. The fraction of sp³-hybridized carbons (Fsp3) is 0.188. The second-order valence-corrected chi connectivity index (χ2v) is 7.09. The van der Waals surface area contributed by atoms with Gasteiger partial charge in [0, 0.05) is 27.3 Å². The SMILES string of the molecule is CN(Cc1cc(Br)cs1)C(=O)c1ccc(Cn2cncn2)cc1. The van der Waals surface area contributed by atoms with Crippen molar-refractivity contribution in [1.82, 2.24) is 19.7 Å². The summed E-state index contributed by atoms with van der Waals surface area (Å²) in [5.41, 5.74) is 1.77. The van der Waals surface area contributed by atoms with Gasteiger partial charge in [-0.2, -0.15) is 5.10 Å². The maximum Gasteiger partial charge on any atom is 0.253 e. The number of carbonyl (C=O) groups excluding carboxylic acids is 1. The van der Waals surface area contributed by atoms with E-state index in [2.05, 4.69) is 26.0 Å². The molecule has 0 N–H and O–H groups in total. The van der Waals surface area contributed by atoms with E-state index in [1.807, 2.05) is 42.8 Å². The summed E-state index contributed by atoms with van der Waals surface area (Å²) in [5.74, 6) is 0.0156.